The summed E-state index contributed by atoms with van der Waals surface area (Å²) in [5, 5.41) is 3.63. The molecule has 1 aromatic carbocycles. The van der Waals surface area contributed by atoms with Gasteiger partial charge in [-0.2, -0.15) is 0 Å². The van der Waals surface area contributed by atoms with Gasteiger partial charge >= 0.3 is 5.97 Å². The van der Waals surface area contributed by atoms with E-state index in [1.54, 1.807) is 6.20 Å². The van der Waals surface area contributed by atoms with Gasteiger partial charge in [-0.15, -0.1) is 0 Å². The molecule has 0 radical (unpaired) electrons. The Bertz CT molecular complexity index is 721. The molecule has 2 aromatic rings. The minimum Gasteiger partial charge on any atom is -0.452 e. The maximum Gasteiger partial charge on any atom is 0.340 e. The molecule has 2 N–H and O–H groups in total. The summed E-state index contributed by atoms with van der Waals surface area (Å²) in [6.07, 6.45) is 3.92. The molecule has 1 atom stereocenters. The Balaban J connectivity index is 1.61. The smallest absolute Gasteiger partial charge is 0.340 e. The van der Waals surface area contributed by atoms with Crippen molar-refractivity contribution in [2.45, 2.75) is 25.8 Å². The molecule has 0 spiro atoms. The van der Waals surface area contributed by atoms with Crippen LogP contribution in [0, 0.1) is 5.92 Å². The number of amides is 1. The van der Waals surface area contributed by atoms with Gasteiger partial charge in [-0.05, 0) is 43.9 Å². The third-order valence-corrected chi connectivity index (χ3v) is 4.41. The summed E-state index contributed by atoms with van der Waals surface area (Å²) in [4.78, 5) is 26.9. The molecule has 0 saturated heterocycles. The number of benzene rings is 1. The monoisotopic (exact) mass is 364 g/mol. The Morgan fingerprint density at radius 2 is 2.23 bits per heavy atom. The third kappa shape index (κ3) is 3.32. The number of rotatable bonds is 5. The zero-order valence-corrected chi connectivity index (χ0v) is 13.8. The average Bonchev–Trinajstić information content (AvgIpc) is 3.25. The Morgan fingerprint density at radius 1 is 1.45 bits per heavy atom. The summed E-state index contributed by atoms with van der Waals surface area (Å²) in [6.45, 7) is 1.73. The molecule has 1 aromatic heterocycles. The molecular formula is C16H17BrN2O3. The quantitative estimate of drug-likeness (QED) is 0.801. The van der Waals surface area contributed by atoms with E-state index in [4.69, 9.17) is 4.74 Å². The van der Waals surface area contributed by atoms with Crippen LogP contribution >= 0.6 is 15.9 Å². The Labute approximate surface area is 136 Å². The summed E-state index contributed by atoms with van der Waals surface area (Å²) in [7, 11) is 0. The predicted molar refractivity (Wildman–Crippen MR) is 86.6 cm³/mol. The van der Waals surface area contributed by atoms with E-state index in [9.17, 15) is 9.59 Å². The van der Waals surface area contributed by atoms with Gasteiger partial charge in [0, 0.05) is 27.6 Å². The number of ether oxygens (including phenoxy) is 1. The predicted octanol–water partition coefficient (Wildman–Crippen LogP) is 3.00. The summed E-state index contributed by atoms with van der Waals surface area (Å²) < 4.78 is 5.99. The zero-order valence-electron chi connectivity index (χ0n) is 12.2. The number of aromatic amines is 1. The van der Waals surface area contributed by atoms with Gasteiger partial charge in [0.05, 0.1) is 5.56 Å². The van der Waals surface area contributed by atoms with E-state index >= 15 is 0 Å². The van der Waals surface area contributed by atoms with Gasteiger partial charge in [-0.25, -0.2) is 4.79 Å². The fraction of sp³-hybridized carbons (Fsp3) is 0.375. The minimum atomic E-state index is -0.501. The first-order valence-electron chi connectivity index (χ1n) is 7.27. The molecule has 0 bridgehead atoms. The molecule has 5 nitrogen and oxygen atoms in total. The van der Waals surface area contributed by atoms with E-state index in [1.807, 2.05) is 25.1 Å². The molecule has 1 aliphatic carbocycles. The molecule has 116 valence electrons. The molecule has 1 heterocycles. The summed E-state index contributed by atoms with van der Waals surface area (Å²) in [5.41, 5.74) is 1.28. The van der Waals surface area contributed by atoms with Gasteiger partial charge in [0.25, 0.3) is 5.91 Å². The minimum absolute atomic E-state index is 0.148. The van der Waals surface area contributed by atoms with Crippen molar-refractivity contribution in [2.24, 2.45) is 5.92 Å². The van der Waals surface area contributed by atoms with Crippen LogP contribution in [-0.4, -0.2) is 29.5 Å². The van der Waals surface area contributed by atoms with Crippen LogP contribution in [0.1, 0.15) is 30.1 Å². The maximum atomic E-state index is 12.1. The van der Waals surface area contributed by atoms with Crippen LogP contribution in [0.15, 0.2) is 28.9 Å². The molecule has 3 rings (SSSR count). The molecule has 1 aliphatic rings. The van der Waals surface area contributed by atoms with Gasteiger partial charge in [0.1, 0.15) is 0 Å². The lowest BCUT2D eigenvalue weighted by Gasteiger charge is -2.12. The second kappa shape index (κ2) is 6.12. The number of carbonyl (C=O) groups excluding carboxylic acids is 2. The maximum absolute atomic E-state index is 12.1. The van der Waals surface area contributed by atoms with Crippen LogP contribution in [0.3, 0.4) is 0 Å². The third-order valence-electron chi connectivity index (χ3n) is 3.92. The van der Waals surface area contributed by atoms with Crippen molar-refractivity contribution >= 4 is 38.7 Å². The molecule has 0 aliphatic heterocycles. The number of esters is 1. The van der Waals surface area contributed by atoms with E-state index in [2.05, 4.69) is 26.2 Å². The Morgan fingerprint density at radius 3 is 2.95 bits per heavy atom. The lowest BCUT2D eigenvalue weighted by Crippen LogP contribution is -2.37. The Kier molecular flexibility index (Phi) is 4.20. The lowest BCUT2D eigenvalue weighted by atomic mass is 10.2. The number of nitrogens with one attached hydrogen (secondary N) is 2. The number of halogens is 1. The van der Waals surface area contributed by atoms with E-state index in [-0.39, 0.29) is 18.6 Å². The number of aromatic nitrogens is 1. The van der Waals surface area contributed by atoms with Crippen LogP contribution in [0.2, 0.25) is 0 Å². The van der Waals surface area contributed by atoms with Crippen LogP contribution < -0.4 is 5.32 Å². The van der Waals surface area contributed by atoms with Gasteiger partial charge in [0.2, 0.25) is 0 Å². The number of hydrogen-bond donors (Lipinski definition) is 2. The van der Waals surface area contributed by atoms with Gasteiger partial charge in [-0.1, -0.05) is 15.9 Å². The summed E-state index contributed by atoms with van der Waals surface area (Å²) in [6, 6.07) is 5.76. The standard InChI is InChI=1S/C16H17BrN2O3/c1-9(10-2-3-10)19-15(20)8-22-16(21)13-7-18-14-5-4-11(17)6-12(13)14/h4-7,9-10,18H,2-3,8H2,1H3,(H,19,20). The second-order valence-corrected chi connectivity index (χ2v) is 6.58. The van der Waals surface area contributed by atoms with Crippen molar-refractivity contribution in [2.75, 3.05) is 6.61 Å². The number of fused-ring (bicyclic) bond motifs is 1. The van der Waals surface area contributed by atoms with Crippen LogP contribution in [-0.2, 0) is 9.53 Å². The van der Waals surface area contributed by atoms with Crippen LogP contribution in [0.5, 0.6) is 0 Å². The fourth-order valence-electron chi connectivity index (χ4n) is 2.48. The summed E-state index contributed by atoms with van der Waals surface area (Å²) in [5.74, 6) is -0.182. The van der Waals surface area contributed by atoms with Crippen molar-refractivity contribution in [1.82, 2.24) is 10.3 Å². The molecule has 1 saturated carbocycles. The molecule has 6 heteroatoms. The van der Waals surface area contributed by atoms with Crippen molar-refractivity contribution in [3.05, 3.63) is 34.4 Å². The number of hydrogen-bond acceptors (Lipinski definition) is 3. The Hall–Kier alpha value is -1.82. The topological polar surface area (TPSA) is 71.2 Å². The lowest BCUT2D eigenvalue weighted by molar-refractivity contribution is -0.124. The normalized spacial score (nSPS) is 15.5. The highest BCUT2D eigenvalue weighted by Crippen LogP contribution is 2.32. The first-order chi connectivity index (χ1) is 10.5. The number of H-pyrrole nitrogens is 1. The van der Waals surface area contributed by atoms with Crippen molar-refractivity contribution < 1.29 is 14.3 Å². The molecule has 22 heavy (non-hydrogen) atoms. The van der Waals surface area contributed by atoms with Crippen molar-refractivity contribution in [3.8, 4) is 0 Å². The van der Waals surface area contributed by atoms with Crippen molar-refractivity contribution in [3.63, 3.8) is 0 Å². The molecule has 1 amide bonds. The van der Waals surface area contributed by atoms with E-state index in [0.29, 0.717) is 11.5 Å². The van der Waals surface area contributed by atoms with Crippen LogP contribution in [0.25, 0.3) is 10.9 Å². The molecule has 1 fully saturated rings. The first kappa shape index (κ1) is 15.1. The first-order valence-corrected chi connectivity index (χ1v) is 8.07. The SMILES string of the molecule is CC(NC(=O)COC(=O)c1c[nH]c2ccc(Br)cc12)C1CC1. The molecular weight excluding hydrogens is 348 g/mol. The van der Waals surface area contributed by atoms with Crippen LogP contribution in [0.4, 0.5) is 0 Å². The number of carbonyl (C=O) groups is 2. The highest BCUT2D eigenvalue weighted by atomic mass is 79.9. The summed E-state index contributed by atoms with van der Waals surface area (Å²) >= 11 is 3.38. The van der Waals surface area contributed by atoms with E-state index < -0.39 is 5.97 Å². The van der Waals surface area contributed by atoms with Gasteiger partial charge in [0.15, 0.2) is 6.61 Å². The van der Waals surface area contributed by atoms with Gasteiger partial charge in [-0.3, -0.25) is 4.79 Å². The highest BCUT2D eigenvalue weighted by Gasteiger charge is 2.29. The van der Waals surface area contributed by atoms with E-state index in [1.165, 1.54) is 0 Å². The largest absolute Gasteiger partial charge is 0.452 e. The molecule has 1 unspecified atom stereocenters. The highest BCUT2D eigenvalue weighted by molar-refractivity contribution is 9.10. The van der Waals surface area contributed by atoms with Gasteiger partial charge < -0.3 is 15.0 Å². The fourth-order valence-corrected chi connectivity index (χ4v) is 2.84. The zero-order chi connectivity index (χ0) is 15.7. The average molecular weight is 365 g/mol. The second-order valence-electron chi connectivity index (χ2n) is 5.66. The van der Waals surface area contributed by atoms with E-state index in [0.717, 1.165) is 28.2 Å². The van der Waals surface area contributed by atoms with Crippen molar-refractivity contribution in [1.29, 1.82) is 0 Å².